The van der Waals surface area contributed by atoms with Gasteiger partial charge in [-0.1, -0.05) is 67.6 Å². The van der Waals surface area contributed by atoms with E-state index in [1.165, 1.54) is 4.90 Å². The average molecular weight is 499 g/mol. The molecule has 2 amide bonds. The Morgan fingerprint density at radius 3 is 2.31 bits per heavy atom. The number of carbonyl (C=O) groups excluding carboxylic acids is 3. The van der Waals surface area contributed by atoms with Crippen LogP contribution in [0.25, 0.3) is 0 Å². The summed E-state index contributed by atoms with van der Waals surface area (Å²) in [5, 5.41) is 11.7. The average Bonchev–Trinajstić information content (AvgIpc) is 3.36. The summed E-state index contributed by atoms with van der Waals surface area (Å²) in [6.45, 7) is 2.29. The molecule has 0 radical (unpaired) electrons. The Labute approximate surface area is 209 Å². The van der Waals surface area contributed by atoms with Gasteiger partial charge in [0.15, 0.2) is 0 Å². The van der Waals surface area contributed by atoms with Crippen molar-refractivity contribution in [2.24, 2.45) is 5.92 Å². The molecule has 1 heterocycles. The Kier molecular flexibility index (Phi) is 9.72. The number of carbonyl (C=O) groups is 4. The van der Waals surface area contributed by atoms with Crippen molar-refractivity contribution < 1.29 is 29.0 Å². The normalized spacial score (nSPS) is 16.8. The van der Waals surface area contributed by atoms with Gasteiger partial charge in [0.05, 0.1) is 0 Å². The van der Waals surface area contributed by atoms with Crippen molar-refractivity contribution in [2.75, 3.05) is 12.3 Å². The van der Waals surface area contributed by atoms with Crippen LogP contribution in [-0.4, -0.2) is 57.5 Å². The molecule has 1 saturated heterocycles. The van der Waals surface area contributed by atoms with E-state index in [1.54, 1.807) is 19.1 Å². The zero-order chi connectivity index (χ0) is 25.2. The van der Waals surface area contributed by atoms with Crippen molar-refractivity contribution in [1.29, 1.82) is 0 Å². The van der Waals surface area contributed by atoms with Crippen LogP contribution in [0.4, 0.5) is 4.79 Å². The Morgan fingerprint density at radius 2 is 1.69 bits per heavy atom. The molecule has 1 aliphatic heterocycles. The second-order valence-electron chi connectivity index (χ2n) is 8.52. The third-order valence-corrected chi connectivity index (χ3v) is 6.83. The van der Waals surface area contributed by atoms with Gasteiger partial charge in [-0.25, -0.2) is 9.59 Å². The summed E-state index contributed by atoms with van der Waals surface area (Å²) in [5.41, 5.74) is 1.67. The van der Waals surface area contributed by atoms with Crippen LogP contribution in [0, 0.1) is 5.92 Å². The monoisotopic (exact) mass is 498 g/mol. The maximum absolute atomic E-state index is 13.0. The number of aliphatic carboxylic acids is 1. The standard InChI is InChI=1S/C26H30N2O6S/c1-18(17-35-26(33)34-16-20-11-6-3-7-12-20)24(30)28-14-8-13-22(28)23(29)27-21(25(31)32)15-19-9-4-2-5-10-19/h2-7,9-12,18,21-22H,8,13-17H2,1H3,(H,27,29)(H,31,32)/t18?,21-,22-/m0/s1. The number of amides is 2. The summed E-state index contributed by atoms with van der Waals surface area (Å²) >= 11 is 0.929. The van der Waals surface area contributed by atoms with Gasteiger partial charge in [0.1, 0.15) is 18.7 Å². The highest BCUT2D eigenvalue weighted by Gasteiger charge is 2.37. The summed E-state index contributed by atoms with van der Waals surface area (Å²) in [6.07, 6.45) is 1.27. The molecule has 9 heteroatoms. The molecule has 1 fully saturated rings. The van der Waals surface area contributed by atoms with Crippen molar-refractivity contribution >= 4 is 34.8 Å². The van der Waals surface area contributed by atoms with Gasteiger partial charge in [-0.2, -0.15) is 0 Å². The molecule has 8 nitrogen and oxygen atoms in total. The number of hydrogen-bond donors (Lipinski definition) is 2. The number of thioether (sulfide) groups is 1. The van der Waals surface area contributed by atoms with Crippen LogP contribution < -0.4 is 5.32 Å². The third-order valence-electron chi connectivity index (χ3n) is 5.81. The van der Waals surface area contributed by atoms with Crippen molar-refractivity contribution in [3.8, 4) is 0 Å². The van der Waals surface area contributed by atoms with Crippen molar-refractivity contribution in [1.82, 2.24) is 10.2 Å². The van der Waals surface area contributed by atoms with Crippen molar-refractivity contribution in [3.05, 3.63) is 71.8 Å². The molecule has 1 aliphatic rings. The van der Waals surface area contributed by atoms with E-state index in [-0.39, 0.29) is 24.7 Å². The van der Waals surface area contributed by atoms with E-state index in [0.29, 0.717) is 19.4 Å². The Bertz CT molecular complexity index is 1020. The lowest BCUT2D eigenvalue weighted by molar-refractivity contribution is -0.144. The number of hydrogen-bond acceptors (Lipinski definition) is 6. The Balaban J connectivity index is 1.50. The predicted molar refractivity (Wildman–Crippen MR) is 133 cm³/mol. The highest BCUT2D eigenvalue weighted by Crippen LogP contribution is 2.23. The lowest BCUT2D eigenvalue weighted by Gasteiger charge is -2.27. The van der Waals surface area contributed by atoms with Gasteiger partial charge >= 0.3 is 11.3 Å². The minimum Gasteiger partial charge on any atom is -0.480 e. The van der Waals surface area contributed by atoms with E-state index in [4.69, 9.17) is 4.74 Å². The molecule has 0 spiro atoms. The SMILES string of the molecule is CC(CSC(=O)OCc1ccccc1)C(=O)N1CCC[C@H]1C(=O)N[C@@H](Cc1ccccc1)C(=O)O. The van der Waals surface area contributed by atoms with Crippen LogP contribution in [-0.2, 0) is 32.1 Å². The molecule has 1 unspecified atom stereocenters. The summed E-state index contributed by atoms with van der Waals surface area (Å²) in [7, 11) is 0. The number of carboxylic acids is 1. The summed E-state index contributed by atoms with van der Waals surface area (Å²) in [5.74, 6) is -2.11. The van der Waals surface area contributed by atoms with Gasteiger partial charge in [-0.15, -0.1) is 0 Å². The van der Waals surface area contributed by atoms with Gasteiger partial charge in [0, 0.05) is 24.6 Å². The topological polar surface area (TPSA) is 113 Å². The largest absolute Gasteiger partial charge is 0.480 e. The number of rotatable bonds is 10. The molecule has 35 heavy (non-hydrogen) atoms. The van der Waals surface area contributed by atoms with E-state index < -0.39 is 35.2 Å². The summed E-state index contributed by atoms with van der Waals surface area (Å²) in [4.78, 5) is 51.2. The number of likely N-dealkylation sites (tertiary alicyclic amines) is 1. The molecule has 2 aromatic rings. The maximum atomic E-state index is 13.0. The minimum absolute atomic E-state index is 0.153. The lowest BCUT2D eigenvalue weighted by Crippen LogP contribution is -2.52. The number of nitrogens with zero attached hydrogens (tertiary/aromatic N) is 1. The second kappa shape index (κ2) is 12.9. The van der Waals surface area contributed by atoms with E-state index >= 15 is 0 Å². The molecular formula is C26H30N2O6S. The maximum Gasteiger partial charge on any atom is 0.367 e. The van der Waals surface area contributed by atoms with E-state index in [2.05, 4.69) is 5.32 Å². The first kappa shape index (κ1) is 26.3. The van der Waals surface area contributed by atoms with Gasteiger partial charge in [0.2, 0.25) is 11.8 Å². The van der Waals surface area contributed by atoms with Crippen molar-refractivity contribution in [3.63, 3.8) is 0 Å². The zero-order valence-electron chi connectivity index (χ0n) is 19.6. The highest BCUT2D eigenvalue weighted by atomic mass is 32.2. The van der Waals surface area contributed by atoms with Crippen LogP contribution in [0.15, 0.2) is 60.7 Å². The fraction of sp³-hybridized carbons (Fsp3) is 0.385. The van der Waals surface area contributed by atoms with Gasteiger partial charge in [0.25, 0.3) is 0 Å². The number of ether oxygens (including phenoxy) is 1. The van der Waals surface area contributed by atoms with Gasteiger partial charge < -0.3 is 20.1 Å². The Hall–Kier alpha value is -3.33. The fourth-order valence-electron chi connectivity index (χ4n) is 3.93. The van der Waals surface area contributed by atoms with Crippen LogP contribution in [0.3, 0.4) is 0 Å². The molecule has 3 atom stereocenters. The highest BCUT2D eigenvalue weighted by molar-refractivity contribution is 8.13. The van der Waals surface area contributed by atoms with Crippen LogP contribution in [0.1, 0.15) is 30.9 Å². The predicted octanol–water partition coefficient (Wildman–Crippen LogP) is 3.50. The molecule has 186 valence electrons. The molecule has 0 aromatic heterocycles. The first-order valence-electron chi connectivity index (χ1n) is 11.6. The van der Waals surface area contributed by atoms with Crippen LogP contribution in [0.2, 0.25) is 0 Å². The molecule has 2 aromatic carbocycles. The minimum atomic E-state index is -1.13. The molecule has 0 saturated carbocycles. The molecule has 2 N–H and O–H groups in total. The molecule has 0 bridgehead atoms. The number of nitrogens with one attached hydrogen (secondary N) is 1. The fourth-order valence-corrected chi connectivity index (χ4v) is 4.60. The lowest BCUT2D eigenvalue weighted by atomic mass is 10.1. The number of benzene rings is 2. The van der Waals surface area contributed by atoms with E-state index in [9.17, 15) is 24.3 Å². The Morgan fingerprint density at radius 1 is 1.06 bits per heavy atom. The molecular weight excluding hydrogens is 468 g/mol. The molecule has 0 aliphatic carbocycles. The quantitative estimate of drug-likeness (QED) is 0.482. The second-order valence-corrected chi connectivity index (χ2v) is 9.47. The third kappa shape index (κ3) is 7.85. The molecule has 3 rings (SSSR count). The first-order chi connectivity index (χ1) is 16.8. The number of carboxylic acid groups (broad SMARTS) is 1. The van der Waals surface area contributed by atoms with Crippen LogP contribution in [0.5, 0.6) is 0 Å². The smallest absolute Gasteiger partial charge is 0.367 e. The van der Waals surface area contributed by atoms with Gasteiger partial charge in [-0.05, 0) is 35.7 Å². The first-order valence-corrected chi connectivity index (χ1v) is 12.5. The van der Waals surface area contributed by atoms with Crippen LogP contribution >= 0.6 is 11.8 Å². The van der Waals surface area contributed by atoms with E-state index in [1.807, 2.05) is 48.5 Å². The summed E-state index contributed by atoms with van der Waals surface area (Å²) < 4.78 is 5.24. The van der Waals surface area contributed by atoms with E-state index in [0.717, 1.165) is 22.9 Å². The summed E-state index contributed by atoms with van der Waals surface area (Å²) in [6, 6.07) is 16.6. The van der Waals surface area contributed by atoms with Crippen molar-refractivity contribution in [2.45, 2.75) is 44.9 Å². The van der Waals surface area contributed by atoms with Gasteiger partial charge in [-0.3, -0.25) is 9.59 Å². The zero-order valence-corrected chi connectivity index (χ0v) is 20.4.